The summed E-state index contributed by atoms with van der Waals surface area (Å²) in [5.74, 6) is 7.97. The zero-order valence-corrected chi connectivity index (χ0v) is 14.3. The zero-order valence-electron chi connectivity index (χ0n) is 11.9. The Kier molecular flexibility index (Phi) is 5.03. The maximum atomic E-state index is 5.93. The molecular formula is C14H16BrClN4O. The van der Waals surface area contributed by atoms with Gasteiger partial charge in [-0.1, -0.05) is 25.4 Å². The Morgan fingerprint density at radius 2 is 2.05 bits per heavy atom. The van der Waals surface area contributed by atoms with E-state index in [2.05, 4.69) is 31.3 Å². The lowest BCUT2D eigenvalue weighted by Gasteiger charge is -2.14. The van der Waals surface area contributed by atoms with Crippen LogP contribution in [0.25, 0.3) is 0 Å². The number of ether oxygens (including phenoxy) is 1. The molecule has 0 spiro atoms. The Morgan fingerprint density at radius 1 is 1.33 bits per heavy atom. The summed E-state index contributed by atoms with van der Waals surface area (Å²) in [6, 6.07) is 5.29. The number of nitrogen functional groups attached to an aromatic ring is 1. The molecule has 0 atom stereocenters. The van der Waals surface area contributed by atoms with Crippen molar-refractivity contribution in [3.05, 3.63) is 39.1 Å². The molecule has 1 heterocycles. The molecule has 0 unspecified atom stereocenters. The number of hydrogen-bond acceptors (Lipinski definition) is 5. The van der Waals surface area contributed by atoms with E-state index in [0.29, 0.717) is 28.3 Å². The van der Waals surface area contributed by atoms with Crippen LogP contribution in [0.1, 0.15) is 31.2 Å². The average molecular weight is 372 g/mol. The van der Waals surface area contributed by atoms with Gasteiger partial charge < -0.3 is 10.2 Å². The number of hydrazine groups is 1. The van der Waals surface area contributed by atoms with Crippen LogP contribution in [0.3, 0.4) is 0 Å². The monoisotopic (exact) mass is 370 g/mol. The predicted molar refractivity (Wildman–Crippen MR) is 87.9 cm³/mol. The lowest BCUT2D eigenvalue weighted by molar-refractivity contribution is 0.450. The molecule has 21 heavy (non-hydrogen) atoms. The van der Waals surface area contributed by atoms with Crippen molar-refractivity contribution in [3.8, 4) is 11.6 Å². The highest BCUT2D eigenvalue weighted by molar-refractivity contribution is 9.10. The number of hydrogen-bond donors (Lipinski definition) is 2. The van der Waals surface area contributed by atoms with Gasteiger partial charge in [0.2, 0.25) is 5.88 Å². The molecule has 5 nitrogen and oxygen atoms in total. The van der Waals surface area contributed by atoms with Crippen LogP contribution in [0.5, 0.6) is 11.6 Å². The van der Waals surface area contributed by atoms with Crippen LogP contribution >= 0.6 is 27.5 Å². The predicted octanol–water partition coefficient (Wildman–Crippen LogP) is 4.40. The second-order valence-corrected chi connectivity index (χ2v) is 6.13. The van der Waals surface area contributed by atoms with Crippen LogP contribution in [0.2, 0.25) is 5.02 Å². The van der Waals surface area contributed by atoms with Gasteiger partial charge in [0, 0.05) is 10.9 Å². The Balaban J connectivity index is 2.45. The summed E-state index contributed by atoms with van der Waals surface area (Å²) in [5.41, 5.74) is 3.32. The second-order valence-electron chi connectivity index (χ2n) is 4.84. The number of nitrogens with two attached hydrogens (primary N) is 1. The molecule has 0 saturated carbocycles. The summed E-state index contributed by atoms with van der Waals surface area (Å²) in [7, 11) is 0. The molecule has 0 saturated heterocycles. The third kappa shape index (κ3) is 3.64. The molecule has 0 amide bonds. The molecule has 112 valence electrons. The first-order chi connectivity index (χ1) is 9.92. The van der Waals surface area contributed by atoms with Gasteiger partial charge in [-0.2, -0.15) is 4.98 Å². The largest absolute Gasteiger partial charge is 0.437 e. The van der Waals surface area contributed by atoms with E-state index in [9.17, 15) is 0 Å². The summed E-state index contributed by atoms with van der Waals surface area (Å²) in [6.07, 6.45) is 0. The minimum atomic E-state index is 0.161. The van der Waals surface area contributed by atoms with Crippen LogP contribution < -0.4 is 16.0 Å². The van der Waals surface area contributed by atoms with E-state index in [0.717, 1.165) is 10.0 Å². The Hall–Kier alpha value is -1.37. The number of nitrogens with one attached hydrogen (secondary N) is 1. The molecule has 2 aromatic rings. The van der Waals surface area contributed by atoms with E-state index in [4.69, 9.17) is 22.2 Å². The number of rotatable bonds is 4. The lowest BCUT2D eigenvalue weighted by Crippen LogP contribution is -2.13. The molecule has 1 aromatic heterocycles. The van der Waals surface area contributed by atoms with Crippen molar-refractivity contribution in [2.75, 3.05) is 5.43 Å². The molecule has 1 aromatic carbocycles. The minimum Gasteiger partial charge on any atom is -0.437 e. The lowest BCUT2D eigenvalue weighted by atomic mass is 10.2. The number of aromatic nitrogens is 2. The van der Waals surface area contributed by atoms with Crippen LogP contribution in [0.15, 0.2) is 22.7 Å². The van der Waals surface area contributed by atoms with Crippen molar-refractivity contribution in [1.29, 1.82) is 0 Å². The number of halogens is 2. The summed E-state index contributed by atoms with van der Waals surface area (Å²) >= 11 is 9.35. The molecule has 0 radical (unpaired) electrons. The highest BCUT2D eigenvalue weighted by Crippen LogP contribution is 2.34. The first-order valence-corrected chi connectivity index (χ1v) is 7.57. The van der Waals surface area contributed by atoms with Crippen molar-refractivity contribution in [3.63, 3.8) is 0 Å². The third-order valence-electron chi connectivity index (χ3n) is 2.87. The number of benzene rings is 1. The van der Waals surface area contributed by atoms with Gasteiger partial charge >= 0.3 is 0 Å². The standard InChI is InChI=1S/C14H16BrClN4O/c1-7(2)12-18-13(20-17)8(3)14(19-12)21-11-5-4-9(16)6-10(11)15/h4-7H,17H2,1-3H3,(H,18,19,20). The van der Waals surface area contributed by atoms with Crippen LogP contribution in [0, 0.1) is 6.92 Å². The van der Waals surface area contributed by atoms with Gasteiger partial charge in [-0.05, 0) is 41.1 Å². The van der Waals surface area contributed by atoms with E-state index in [-0.39, 0.29) is 5.92 Å². The molecular weight excluding hydrogens is 356 g/mol. The van der Waals surface area contributed by atoms with Crippen LogP contribution in [-0.4, -0.2) is 9.97 Å². The first-order valence-electron chi connectivity index (χ1n) is 6.40. The third-order valence-corrected chi connectivity index (χ3v) is 3.73. The van der Waals surface area contributed by atoms with Crippen molar-refractivity contribution in [1.82, 2.24) is 9.97 Å². The maximum Gasteiger partial charge on any atom is 0.227 e. The molecule has 0 aliphatic heterocycles. The highest BCUT2D eigenvalue weighted by atomic mass is 79.9. The van der Waals surface area contributed by atoms with Gasteiger partial charge in [-0.25, -0.2) is 10.8 Å². The fraction of sp³-hybridized carbons (Fsp3) is 0.286. The van der Waals surface area contributed by atoms with Gasteiger partial charge in [0.15, 0.2) is 5.82 Å². The van der Waals surface area contributed by atoms with Gasteiger partial charge in [0.25, 0.3) is 0 Å². The fourth-order valence-electron chi connectivity index (χ4n) is 1.67. The van der Waals surface area contributed by atoms with Crippen LogP contribution in [-0.2, 0) is 0 Å². The van der Waals surface area contributed by atoms with Crippen LogP contribution in [0.4, 0.5) is 5.82 Å². The Bertz CT molecular complexity index is 664. The number of anilines is 1. The van der Waals surface area contributed by atoms with Gasteiger partial charge in [-0.15, -0.1) is 0 Å². The van der Waals surface area contributed by atoms with E-state index in [1.165, 1.54) is 0 Å². The smallest absolute Gasteiger partial charge is 0.227 e. The maximum absolute atomic E-state index is 5.93. The fourth-order valence-corrected chi connectivity index (χ4v) is 2.44. The average Bonchev–Trinajstić information content (AvgIpc) is 2.43. The Labute approximate surface area is 137 Å². The molecule has 0 bridgehead atoms. The summed E-state index contributed by atoms with van der Waals surface area (Å²) in [4.78, 5) is 8.83. The SMILES string of the molecule is Cc1c(NN)nc(C(C)C)nc1Oc1ccc(Cl)cc1Br. The van der Waals surface area contributed by atoms with Crippen molar-refractivity contribution in [2.45, 2.75) is 26.7 Å². The molecule has 3 N–H and O–H groups in total. The Morgan fingerprint density at radius 3 is 2.62 bits per heavy atom. The van der Waals surface area contributed by atoms with Crippen molar-refractivity contribution < 1.29 is 4.74 Å². The zero-order chi connectivity index (χ0) is 15.6. The molecule has 0 aliphatic carbocycles. The van der Waals surface area contributed by atoms with Gasteiger partial charge in [0.05, 0.1) is 10.0 Å². The summed E-state index contributed by atoms with van der Waals surface area (Å²) in [5, 5.41) is 0.626. The minimum absolute atomic E-state index is 0.161. The van der Waals surface area contributed by atoms with E-state index in [1.54, 1.807) is 18.2 Å². The van der Waals surface area contributed by atoms with E-state index >= 15 is 0 Å². The molecule has 2 rings (SSSR count). The van der Waals surface area contributed by atoms with Gasteiger partial charge in [0.1, 0.15) is 11.6 Å². The van der Waals surface area contributed by atoms with Gasteiger partial charge in [-0.3, -0.25) is 0 Å². The molecule has 0 aliphatic rings. The summed E-state index contributed by atoms with van der Waals surface area (Å²) in [6.45, 7) is 5.86. The molecule has 0 fully saturated rings. The normalized spacial score (nSPS) is 10.8. The highest BCUT2D eigenvalue weighted by Gasteiger charge is 2.15. The quantitative estimate of drug-likeness (QED) is 0.615. The van der Waals surface area contributed by atoms with E-state index in [1.807, 2.05) is 20.8 Å². The number of nitrogens with zero attached hydrogens (tertiary/aromatic N) is 2. The molecule has 7 heteroatoms. The van der Waals surface area contributed by atoms with Crippen molar-refractivity contribution >= 4 is 33.3 Å². The first kappa shape index (κ1) is 16.0. The summed E-state index contributed by atoms with van der Waals surface area (Å²) < 4.78 is 6.63. The van der Waals surface area contributed by atoms with E-state index < -0.39 is 0 Å². The van der Waals surface area contributed by atoms with Crippen molar-refractivity contribution in [2.24, 2.45) is 5.84 Å². The topological polar surface area (TPSA) is 73.1 Å². The second kappa shape index (κ2) is 6.60.